The van der Waals surface area contributed by atoms with Gasteiger partial charge in [0.15, 0.2) is 0 Å². The molecule has 0 aliphatic heterocycles. The van der Waals surface area contributed by atoms with Gasteiger partial charge in [-0.05, 0) is 25.7 Å². The van der Waals surface area contributed by atoms with E-state index in [1.54, 1.807) is 0 Å². The SMILES string of the molecule is C=C(/C=C\C=C/CC)C(C)CC(C)=N. The zero-order valence-corrected chi connectivity index (χ0v) is 9.51. The summed E-state index contributed by atoms with van der Waals surface area (Å²) in [5.74, 6) is 0.374. The van der Waals surface area contributed by atoms with Gasteiger partial charge in [-0.2, -0.15) is 0 Å². The molecule has 0 aromatic heterocycles. The lowest BCUT2D eigenvalue weighted by Gasteiger charge is -2.09. The minimum atomic E-state index is 0.374. The summed E-state index contributed by atoms with van der Waals surface area (Å²) in [6.45, 7) is 10.0. The molecule has 0 rings (SSSR count). The molecule has 1 atom stereocenters. The zero-order valence-electron chi connectivity index (χ0n) is 9.51. The van der Waals surface area contributed by atoms with Gasteiger partial charge in [0.1, 0.15) is 0 Å². The van der Waals surface area contributed by atoms with Crippen LogP contribution in [0.4, 0.5) is 0 Å². The second-order valence-corrected chi connectivity index (χ2v) is 3.66. The van der Waals surface area contributed by atoms with Crippen LogP contribution in [-0.4, -0.2) is 5.71 Å². The second kappa shape index (κ2) is 7.31. The molecule has 0 bridgehead atoms. The van der Waals surface area contributed by atoms with Crippen LogP contribution in [0.25, 0.3) is 0 Å². The number of rotatable bonds is 6. The first-order chi connectivity index (χ1) is 6.57. The van der Waals surface area contributed by atoms with Crippen LogP contribution in [-0.2, 0) is 0 Å². The standard InChI is InChI=1S/C13H21N/c1-5-6-7-8-9-11(2)12(3)10-13(4)14/h6-9,12,14H,2,5,10H2,1,3-4H3/b7-6-,9-8-,14-13?. The van der Waals surface area contributed by atoms with Crippen molar-refractivity contribution in [3.05, 3.63) is 36.5 Å². The van der Waals surface area contributed by atoms with Crippen molar-refractivity contribution in [1.29, 1.82) is 5.41 Å². The molecule has 0 saturated heterocycles. The first-order valence-corrected chi connectivity index (χ1v) is 5.14. The van der Waals surface area contributed by atoms with Gasteiger partial charge < -0.3 is 5.41 Å². The van der Waals surface area contributed by atoms with E-state index < -0.39 is 0 Å². The predicted molar refractivity (Wildman–Crippen MR) is 64.9 cm³/mol. The highest BCUT2D eigenvalue weighted by Crippen LogP contribution is 2.14. The van der Waals surface area contributed by atoms with Crippen LogP contribution in [0.2, 0.25) is 0 Å². The Morgan fingerprint density at radius 1 is 1.43 bits per heavy atom. The van der Waals surface area contributed by atoms with Crippen LogP contribution in [0.3, 0.4) is 0 Å². The van der Waals surface area contributed by atoms with Crippen molar-refractivity contribution in [1.82, 2.24) is 0 Å². The lowest BCUT2D eigenvalue weighted by molar-refractivity contribution is 0.733. The molecule has 0 saturated carbocycles. The van der Waals surface area contributed by atoms with E-state index in [1.807, 2.05) is 25.2 Å². The summed E-state index contributed by atoms with van der Waals surface area (Å²) < 4.78 is 0. The average Bonchev–Trinajstić information content (AvgIpc) is 2.11. The van der Waals surface area contributed by atoms with Gasteiger partial charge in [0.25, 0.3) is 0 Å². The summed E-state index contributed by atoms with van der Waals surface area (Å²) in [5.41, 5.74) is 1.81. The highest BCUT2D eigenvalue weighted by molar-refractivity contribution is 5.79. The molecule has 1 heteroatoms. The Morgan fingerprint density at radius 2 is 2.07 bits per heavy atom. The van der Waals surface area contributed by atoms with Gasteiger partial charge >= 0.3 is 0 Å². The molecule has 0 radical (unpaired) electrons. The fraction of sp³-hybridized carbons (Fsp3) is 0.462. The van der Waals surface area contributed by atoms with Crippen molar-refractivity contribution in [3.63, 3.8) is 0 Å². The molecule has 1 N–H and O–H groups in total. The summed E-state index contributed by atoms with van der Waals surface area (Å²) in [6, 6.07) is 0. The van der Waals surface area contributed by atoms with Gasteiger partial charge in [0, 0.05) is 5.71 Å². The number of hydrogen-bond acceptors (Lipinski definition) is 1. The molecule has 1 unspecified atom stereocenters. The van der Waals surface area contributed by atoms with Crippen molar-refractivity contribution in [2.75, 3.05) is 0 Å². The van der Waals surface area contributed by atoms with Crippen LogP contribution < -0.4 is 0 Å². The molecule has 0 aliphatic carbocycles. The van der Waals surface area contributed by atoms with Crippen LogP contribution in [0.5, 0.6) is 0 Å². The van der Waals surface area contributed by atoms with E-state index in [4.69, 9.17) is 5.41 Å². The minimum Gasteiger partial charge on any atom is -0.310 e. The lowest BCUT2D eigenvalue weighted by Crippen LogP contribution is -2.01. The Balaban J connectivity index is 4.00. The van der Waals surface area contributed by atoms with E-state index in [0.29, 0.717) is 5.92 Å². The van der Waals surface area contributed by atoms with Gasteiger partial charge in [0.2, 0.25) is 0 Å². The third kappa shape index (κ3) is 6.41. The minimum absolute atomic E-state index is 0.374. The number of allylic oxidation sites excluding steroid dienone is 5. The maximum Gasteiger partial charge on any atom is 0.00641 e. The normalized spacial score (nSPS) is 13.6. The molecule has 0 heterocycles. The maximum absolute atomic E-state index is 7.38. The topological polar surface area (TPSA) is 23.9 Å². The Labute approximate surface area is 87.7 Å². The van der Waals surface area contributed by atoms with Crippen LogP contribution in [0, 0.1) is 11.3 Å². The highest BCUT2D eigenvalue weighted by Gasteiger charge is 2.03. The highest BCUT2D eigenvalue weighted by atomic mass is 14.4. The third-order valence-corrected chi connectivity index (χ3v) is 2.04. The average molecular weight is 191 g/mol. The molecular weight excluding hydrogens is 170 g/mol. The summed E-state index contributed by atoms with van der Waals surface area (Å²) in [4.78, 5) is 0. The van der Waals surface area contributed by atoms with Gasteiger partial charge in [0.05, 0.1) is 0 Å². The van der Waals surface area contributed by atoms with Crippen molar-refractivity contribution in [2.45, 2.75) is 33.6 Å². The first kappa shape index (κ1) is 12.9. The Hall–Kier alpha value is -1.11. The smallest absolute Gasteiger partial charge is 0.00641 e. The van der Waals surface area contributed by atoms with E-state index in [-0.39, 0.29) is 0 Å². The van der Waals surface area contributed by atoms with Crippen LogP contribution in [0.15, 0.2) is 36.5 Å². The Kier molecular flexibility index (Phi) is 6.73. The molecule has 0 aliphatic rings. The summed E-state index contributed by atoms with van der Waals surface area (Å²) in [7, 11) is 0. The van der Waals surface area contributed by atoms with E-state index in [0.717, 1.165) is 24.1 Å². The van der Waals surface area contributed by atoms with Crippen molar-refractivity contribution < 1.29 is 0 Å². The molecule has 0 aromatic rings. The Bertz CT molecular complexity index is 246. The summed E-state index contributed by atoms with van der Waals surface area (Å²) in [5, 5.41) is 7.38. The third-order valence-electron chi connectivity index (χ3n) is 2.04. The van der Waals surface area contributed by atoms with Gasteiger partial charge in [-0.15, -0.1) is 0 Å². The number of nitrogens with one attached hydrogen (secondary N) is 1. The fourth-order valence-corrected chi connectivity index (χ4v) is 1.15. The lowest BCUT2D eigenvalue weighted by atomic mass is 9.96. The van der Waals surface area contributed by atoms with Gasteiger partial charge in [-0.25, -0.2) is 0 Å². The molecule has 14 heavy (non-hydrogen) atoms. The monoisotopic (exact) mass is 191 g/mol. The van der Waals surface area contributed by atoms with Crippen LogP contribution in [0.1, 0.15) is 33.6 Å². The van der Waals surface area contributed by atoms with E-state index >= 15 is 0 Å². The van der Waals surface area contributed by atoms with Gasteiger partial charge in [-0.3, -0.25) is 0 Å². The molecular formula is C13H21N. The Morgan fingerprint density at radius 3 is 2.57 bits per heavy atom. The quantitative estimate of drug-likeness (QED) is 0.482. The molecule has 0 amide bonds. The molecule has 0 aromatic carbocycles. The first-order valence-electron chi connectivity index (χ1n) is 5.14. The summed E-state index contributed by atoms with van der Waals surface area (Å²) >= 11 is 0. The van der Waals surface area contributed by atoms with Crippen LogP contribution >= 0.6 is 0 Å². The molecule has 78 valence electrons. The molecule has 0 fully saturated rings. The number of hydrogen-bond donors (Lipinski definition) is 1. The molecule has 0 spiro atoms. The largest absolute Gasteiger partial charge is 0.310 e. The zero-order chi connectivity index (χ0) is 11.0. The summed E-state index contributed by atoms with van der Waals surface area (Å²) in [6.07, 6.45) is 10.1. The van der Waals surface area contributed by atoms with E-state index in [2.05, 4.69) is 26.5 Å². The van der Waals surface area contributed by atoms with E-state index in [9.17, 15) is 0 Å². The fourth-order valence-electron chi connectivity index (χ4n) is 1.15. The molecule has 1 nitrogen and oxygen atoms in total. The second-order valence-electron chi connectivity index (χ2n) is 3.66. The predicted octanol–water partition coefficient (Wildman–Crippen LogP) is 4.13. The van der Waals surface area contributed by atoms with Crippen molar-refractivity contribution in [2.24, 2.45) is 5.92 Å². The van der Waals surface area contributed by atoms with Gasteiger partial charge in [-0.1, -0.05) is 50.3 Å². The van der Waals surface area contributed by atoms with Crippen molar-refractivity contribution in [3.8, 4) is 0 Å². The maximum atomic E-state index is 7.38. The van der Waals surface area contributed by atoms with E-state index in [1.165, 1.54) is 0 Å². The van der Waals surface area contributed by atoms with Crippen molar-refractivity contribution >= 4 is 5.71 Å².